The van der Waals surface area contributed by atoms with Gasteiger partial charge in [-0.1, -0.05) is 106 Å². The van der Waals surface area contributed by atoms with Crippen molar-refractivity contribution < 1.29 is 9.84 Å². The van der Waals surface area contributed by atoms with Crippen LogP contribution in [0.4, 0.5) is 0 Å². The zero-order valence-electron chi connectivity index (χ0n) is 20.6. The highest BCUT2D eigenvalue weighted by atomic mass is 16.5. The fourth-order valence-corrected chi connectivity index (χ4v) is 5.31. The van der Waals surface area contributed by atoms with Gasteiger partial charge in [0.1, 0.15) is 5.75 Å². The highest BCUT2D eigenvalue weighted by Crippen LogP contribution is 2.48. The van der Waals surface area contributed by atoms with Gasteiger partial charge in [-0.3, -0.25) is 0 Å². The third-order valence-electron chi connectivity index (χ3n) is 7.11. The average molecular weight is 463 g/mol. The van der Waals surface area contributed by atoms with Crippen molar-refractivity contribution in [3.05, 3.63) is 102 Å². The molecular formula is C33H34O2. The van der Waals surface area contributed by atoms with Crippen LogP contribution in [0, 0.1) is 0 Å². The first-order valence-electron chi connectivity index (χ1n) is 13.0. The maximum Gasteiger partial charge on any atom is 0.177 e. The Bertz CT molecular complexity index is 1290. The predicted molar refractivity (Wildman–Crippen MR) is 145 cm³/mol. The second-order valence-electron chi connectivity index (χ2n) is 9.55. The molecule has 1 N–H and O–H groups in total. The van der Waals surface area contributed by atoms with Gasteiger partial charge in [0, 0.05) is 5.56 Å². The van der Waals surface area contributed by atoms with Crippen LogP contribution in [0.2, 0.25) is 0 Å². The molecule has 0 unspecified atom stereocenters. The Labute approximate surface area is 209 Å². The minimum absolute atomic E-state index is 0.184. The zero-order valence-corrected chi connectivity index (χ0v) is 20.6. The van der Waals surface area contributed by atoms with Gasteiger partial charge >= 0.3 is 0 Å². The molecule has 0 atom stereocenters. The molecule has 0 amide bonds. The number of benzene rings is 4. The number of unbranched alkanes of at least 4 members (excludes halogenated alkanes) is 5. The van der Waals surface area contributed by atoms with Crippen molar-refractivity contribution in [3.63, 3.8) is 0 Å². The summed E-state index contributed by atoms with van der Waals surface area (Å²) in [6.07, 6.45) is 9.42. The van der Waals surface area contributed by atoms with E-state index in [1.165, 1.54) is 65.5 Å². The van der Waals surface area contributed by atoms with E-state index in [9.17, 15) is 5.11 Å². The van der Waals surface area contributed by atoms with Crippen molar-refractivity contribution >= 4 is 0 Å². The van der Waals surface area contributed by atoms with Crippen molar-refractivity contribution in [2.75, 3.05) is 0 Å². The van der Waals surface area contributed by atoms with Crippen LogP contribution in [0.25, 0.3) is 22.3 Å². The number of ether oxygens (including phenoxy) is 1. The van der Waals surface area contributed by atoms with Gasteiger partial charge in [0.05, 0.1) is 0 Å². The summed E-state index contributed by atoms with van der Waals surface area (Å²) < 4.78 is 6.38. The van der Waals surface area contributed by atoms with Crippen LogP contribution >= 0.6 is 0 Å². The van der Waals surface area contributed by atoms with Gasteiger partial charge in [0.15, 0.2) is 11.5 Å². The number of rotatable bonds is 10. The molecule has 0 fully saturated rings. The van der Waals surface area contributed by atoms with E-state index >= 15 is 0 Å². The molecule has 4 aromatic rings. The molecule has 4 aromatic carbocycles. The Hall–Kier alpha value is -3.52. The smallest absolute Gasteiger partial charge is 0.177 e. The van der Waals surface area contributed by atoms with Gasteiger partial charge in [-0.05, 0) is 70.8 Å². The first-order valence-corrected chi connectivity index (χ1v) is 13.0. The Morgan fingerprint density at radius 2 is 1.40 bits per heavy atom. The Morgan fingerprint density at radius 1 is 0.686 bits per heavy atom. The van der Waals surface area contributed by atoms with Crippen molar-refractivity contribution in [2.45, 2.75) is 58.3 Å². The van der Waals surface area contributed by atoms with Gasteiger partial charge < -0.3 is 9.84 Å². The summed E-state index contributed by atoms with van der Waals surface area (Å²) >= 11 is 0. The highest BCUT2D eigenvalue weighted by Gasteiger charge is 2.25. The number of para-hydroxylation sites is 1. The molecule has 0 bridgehead atoms. The lowest BCUT2D eigenvalue weighted by Crippen LogP contribution is -1.99. The molecule has 0 saturated heterocycles. The molecule has 0 radical (unpaired) electrons. The van der Waals surface area contributed by atoms with E-state index in [4.69, 9.17) is 4.74 Å². The minimum atomic E-state index is 0.184. The van der Waals surface area contributed by atoms with E-state index in [0.717, 1.165) is 30.6 Å². The van der Waals surface area contributed by atoms with Crippen LogP contribution in [0.3, 0.4) is 0 Å². The van der Waals surface area contributed by atoms with Crippen LogP contribution in [-0.2, 0) is 12.8 Å². The second-order valence-corrected chi connectivity index (χ2v) is 9.55. The summed E-state index contributed by atoms with van der Waals surface area (Å²) in [5.41, 5.74) is 8.73. The zero-order chi connectivity index (χ0) is 24.0. The van der Waals surface area contributed by atoms with Gasteiger partial charge in [-0.15, -0.1) is 0 Å². The maximum absolute atomic E-state index is 11.0. The number of hydrogen-bond acceptors (Lipinski definition) is 2. The molecule has 5 rings (SSSR count). The molecule has 2 heteroatoms. The van der Waals surface area contributed by atoms with Crippen LogP contribution < -0.4 is 4.74 Å². The molecule has 0 aliphatic heterocycles. The monoisotopic (exact) mass is 462 g/mol. The number of phenolic OH excluding ortho intramolecular Hbond substituents is 1. The van der Waals surface area contributed by atoms with Crippen LogP contribution in [0.1, 0.15) is 62.1 Å². The summed E-state index contributed by atoms with van der Waals surface area (Å²) in [6.45, 7) is 2.26. The molecule has 0 heterocycles. The highest BCUT2D eigenvalue weighted by molar-refractivity contribution is 5.88. The molecule has 0 spiro atoms. The minimum Gasteiger partial charge on any atom is -0.504 e. The number of phenols is 1. The van der Waals surface area contributed by atoms with Gasteiger partial charge in [-0.2, -0.15) is 0 Å². The summed E-state index contributed by atoms with van der Waals surface area (Å²) in [5.74, 6) is 1.48. The van der Waals surface area contributed by atoms with Crippen molar-refractivity contribution in [1.29, 1.82) is 0 Å². The fraction of sp³-hybridized carbons (Fsp3) is 0.273. The largest absolute Gasteiger partial charge is 0.504 e. The molecule has 1 aliphatic carbocycles. The summed E-state index contributed by atoms with van der Waals surface area (Å²) in [5, 5.41) is 11.0. The van der Waals surface area contributed by atoms with E-state index in [1.54, 1.807) is 6.07 Å². The van der Waals surface area contributed by atoms with Gasteiger partial charge in [0.2, 0.25) is 0 Å². The third kappa shape index (κ3) is 4.98. The fourth-order valence-electron chi connectivity index (χ4n) is 5.31. The molecule has 178 valence electrons. The lowest BCUT2D eigenvalue weighted by atomic mass is 9.89. The van der Waals surface area contributed by atoms with E-state index in [-0.39, 0.29) is 5.75 Å². The Kier molecular flexibility index (Phi) is 7.18. The number of fused-ring (bicyclic) bond motifs is 3. The van der Waals surface area contributed by atoms with Crippen LogP contribution in [0.15, 0.2) is 84.9 Å². The molecule has 35 heavy (non-hydrogen) atoms. The van der Waals surface area contributed by atoms with Gasteiger partial charge in [0.25, 0.3) is 0 Å². The molecular weight excluding hydrogens is 428 g/mol. The quantitative estimate of drug-likeness (QED) is 0.209. The number of hydrogen-bond donors (Lipinski definition) is 1. The maximum atomic E-state index is 11.0. The average Bonchev–Trinajstić information content (AvgIpc) is 3.28. The van der Waals surface area contributed by atoms with Gasteiger partial charge in [-0.25, -0.2) is 0 Å². The molecule has 0 saturated carbocycles. The summed E-state index contributed by atoms with van der Waals surface area (Å²) in [6, 6.07) is 28.9. The van der Waals surface area contributed by atoms with E-state index in [1.807, 2.05) is 30.3 Å². The SMILES string of the molecule is CCCCCCCCc1ccc(O)c(Oc2ccccc2)c1-c1cccc2c1Cc1ccccc1-2. The van der Waals surface area contributed by atoms with Crippen LogP contribution in [0.5, 0.6) is 17.2 Å². The molecule has 0 aromatic heterocycles. The van der Waals surface area contributed by atoms with Crippen LogP contribution in [-0.4, -0.2) is 5.11 Å². The van der Waals surface area contributed by atoms with Crippen molar-refractivity contribution in [1.82, 2.24) is 0 Å². The van der Waals surface area contributed by atoms with Crippen molar-refractivity contribution in [2.24, 2.45) is 0 Å². The number of aryl methyl sites for hydroxylation is 1. The summed E-state index contributed by atoms with van der Waals surface area (Å²) in [4.78, 5) is 0. The Morgan fingerprint density at radius 3 is 2.26 bits per heavy atom. The lowest BCUT2D eigenvalue weighted by molar-refractivity contribution is 0.412. The van der Waals surface area contributed by atoms with Crippen molar-refractivity contribution in [3.8, 4) is 39.5 Å². The first kappa shape index (κ1) is 23.2. The van der Waals surface area contributed by atoms with E-state index < -0.39 is 0 Å². The van der Waals surface area contributed by atoms with E-state index in [2.05, 4.69) is 55.5 Å². The predicted octanol–water partition coefficient (Wildman–Crippen LogP) is 9.33. The number of aromatic hydroxyl groups is 1. The topological polar surface area (TPSA) is 29.5 Å². The Balaban J connectivity index is 1.56. The molecule has 1 aliphatic rings. The summed E-state index contributed by atoms with van der Waals surface area (Å²) in [7, 11) is 0. The first-order chi connectivity index (χ1) is 17.3. The molecule has 2 nitrogen and oxygen atoms in total. The van der Waals surface area contributed by atoms with E-state index in [0.29, 0.717) is 5.75 Å². The standard InChI is InChI=1S/C33H34O2/c1-2-3-4-5-6-8-14-24-21-22-31(34)33(35-26-16-9-7-10-17-26)32(24)29-20-13-19-28-27-18-12-11-15-25(27)23-30(28)29/h7,9-13,15-22,34H,2-6,8,14,23H2,1H3. The second kappa shape index (κ2) is 10.8. The normalized spacial score (nSPS) is 11.8. The third-order valence-corrected chi connectivity index (χ3v) is 7.11. The lowest BCUT2D eigenvalue weighted by Gasteiger charge is -2.19.